The van der Waals surface area contributed by atoms with Gasteiger partial charge in [0.2, 0.25) is 0 Å². The number of nitrogens with zero attached hydrogens (tertiary/aromatic N) is 1. The predicted octanol–water partition coefficient (Wildman–Crippen LogP) is 4.45. The van der Waals surface area contributed by atoms with Crippen LogP contribution < -0.4 is 4.74 Å². The van der Waals surface area contributed by atoms with Crippen LogP contribution in [0.2, 0.25) is 10.0 Å². The van der Waals surface area contributed by atoms with E-state index in [-0.39, 0.29) is 12.5 Å². The van der Waals surface area contributed by atoms with Crippen LogP contribution in [0.25, 0.3) is 10.9 Å². The van der Waals surface area contributed by atoms with Crippen LogP contribution in [0.15, 0.2) is 48.7 Å². The molecule has 0 atom stereocenters. The van der Waals surface area contributed by atoms with Gasteiger partial charge in [0, 0.05) is 16.6 Å². The number of hydrogen-bond donors (Lipinski definition) is 0. The second-order valence-electron chi connectivity index (χ2n) is 5.18. The summed E-state index contributed by atoms with van der Waals surface area (Å²) in [4.78, 5) is 24.5. The molecule has 7 heteroatoms. The van der Waals surface area contributed by atoms with Gasteiger partial charge < -0.3 is 9.47 Å². The average Bonchev–Trinajstić information content (AvgIpc) is 3.00. The molecule has 1 aromatic heterocycles. The molecule has 2 aromatic carbocycles. The number of para-hydroxylation sites is 1. The zero-order valence-electron chi connectivity index (χ0n) is 13.2. The van der Waals surface area contributed by atoms with Crippen molar-refractivity contribution in [1.29, 1.82) is 0 Å². The first kappa shape index (κ1) is 17.3. The van der Waals surface area contributed by atoms with Gasteiger partial charge in [-0.05, 0) is 24.3 Å². The van der Waals surface area contributed by atoms with Crippen LogP contribution in [0.3, 0.4) is 0 Å². The maximum absolute atomic E-state index is 12.6. The molecular formula is C18H13Cl2NO4. The number of carbonyl (C=O) groups excluding carboxylic acids is 2. The Morgan fingerprint density at radius 3 is 2.60 bits per heavy atom. The lowest BCUT2D eigenvalue weighted by Crippen LogP contribution is -2.18. The third-order valence-corrected chi connectivity index (χ3v) is 4.16. The highest BCUT2D eigenvalue weighted by Crippen LogP contribution is 2.28. The molecule has 0 amide bonds. The largest absolute Gasteiger partial charge is 0.482 e. The van der Waals surface area contributed by atoms with Gasteiger partial charge in [0.25, 0.3) is 5.91 Å². The van der Waals surface area contributed by atoms with Crippen molar-refractivity contribution in [2.24, 2.45) is 0 Å². The normalized spacial score (nSPS) is 10.7. The molecule has 0 aliphatic carbocycles. The summed E-state index contributed by atoms with van der Waals surface area (Å²) < 4.78 is 11.6. The molecule has 0 unspecified atom stereocenters. The van der Waals surface area contributed by atoms with E-state index in [0.29, 0.717) is 32.3 Å². The van der Waals surface area contributed by atoms with E-state index in [1.165, 1.54) is 23.9 Å². The Balaban J connectivity index is 1.88. The molecule has 0 saturated carbocycles. The Morgan fingerprint density at radius 1 is 1.12 bits per heavy atom. The Labute approximate surface area is 153 Å². The molecule has 5 nitrogen and oxygen atoms in total. The minimum Gasteiger partial charge on any atom is -0.482 e. The summed E-state index contributed by atoms with van der Waals surface area (Å²) >= 11 is 11.9. The van der Waals surface area contributed by atoms with Crippen LogP contribution in [0.4, 0.5) is 0 Å². The molecule has 0 aliphatic rings. The van der Waals surface area contributed by atoms with Crippen molar-refractivity contribution in [2.75, 3.05) is 13.7 Å². The molecule has 0 N–H and O–H groups in total. The van der Waals surface area contributed by atoms with Crippen molar-refractivity contribution in [1.82, 2.24) is 4.57 Å². The van der Waals surface area contributed by atoms with Gasteiger partial charge in [0.1, 0.15) is 5.75 Å². The number of carbonyl (C=O) groups is 2. The van der Waals surface area contributed by atoms with Gasteiger partial charge in [-0.15, -0.1) is 0 Å². The number of methoxy groups -OCH3 is 1. The van der Waals surface area contributed by atoms with Crippen LogP contribution in [-0.2, 0) is 4.74 Å². The third kappa shape index (κ3) is 3.48. The first-order chi connectivity index (χ1) is 12.0. The van der Waals surface area contributed by atoms with Gasteiger partial charge in [0.15, 0.2) is 6.61 Å². The molecule has 1 heterocycles. The highest BCUT2D eigenvalue weighted by molar-refractivity contribution is 6.35. The highest BCUT2D eigenvalue weighted by atomic mass is 35.5. The maximum Gasteiger partial charge on any atom is 0.340 e. The van der Waals surface area contributed by atoms with Crippen molar-refractivity contribution in [3.8, 4) is 5.75 Å². The number of halogens is 2. The summed E-state index contributed by atoms with van der Waals surface area (Å²) in [5.74, 6) is -0.508. The summed E-state index contributed by atoms with van der Waals surface area (Å²) in [6.45, 7) is -0.249. The third-order valence-electron chi connectivity index (χ3n) is 3.63. The van der Waals surface area contributed by atoms with E-state index in [1.807, 2.05) is 0 Å². The van der Waals surface area contributed by atoms with Crippen LogP contribution in [-0.4, -0.2) is 30.2 Å². The Bertz CT molecular complexity index is 965. The first-order valence-electron chi connectivity index (χ1n) is 7.30. The zero-order chi connectivity index (χ0) is 18.0. The van der Waals surface area contributed by atoms with E-state index in [4.69, 9.17) is 32.7 Å². The minimum atomic E-state index is -0.510. The smallest absolute Gasteiger partial charge is 0.340 e. The Morgan fingerprint density at radius 2 is 1.88 bits per heavy atom. The highest BCUT2D eigenvalue weighted by Gasteiger charge is 2.19. The van der Waals surface area contributed by atoms with Gasteiger partial charge in [-0.2, -0.15) is 0 Å². The number of rotatable bonds is 4. The number of hydrogen-bond acceptors (Lipinski definition) is 4. The maximum atomic E-state index is 12.6. The molecular weight excluding hydrogens is 365 g/mol. The molecule has 0 bridgehead atoms. The van der Waals surface area contributed by atoms with E-state index in [2.05, 4.69) is 0 Å². The number of aromatic nitrogens is 1. The molecule has 0 radical (unpaired) electrons. The van der Waals surface area contributed by atoms with Crippen LogP contribution in [0, 0.1) is 0 Å². The van der Waals surface area contributed by atoms with Crippen molar-refractivity contribution in [3.63, 3.8) is 0 Å². The fraction of sp³-hybridized carbons (Fsp3) is 0.111. The van der Waals surface area contributed by atoms with E-state index in [0.717, 1.165) is 0 Å². The predicted molar refractivity (Wildman–Crippen MR) is 95.9 cm³/mol. The molecule has 0 aliphatic heterocycles. The molecule has 3 aromatic rings. The molecule has 0 spiro atoms. The summed E-state index contributed by atoms with van der Waals surface area (Å²) in [5.41, 5.74) is 0.912. The molecule has 3 rings (SSSR count). The number of esters is 1. The second-order valence-corrected chi connectivity index (χ2v) is 6.02. The minimum absolute atomic E-state index is 0.249. The summed E-state index contributed by atoms with van der Waals surface area (Å²) in [5, 5.41) is 1.42. The van der Waals surface area contributed by atoms with Gasteiger partial charge in [-0.3, -0.25) is 9.36 Å². The molecule has 128 valence electrons. The van der Waals surface area contributed by atoms with Gasteiger partial charge in [0.05, 0.1) is 23.2 Å². The number of benzene rings is 2. The summed E-state index contributed by atoms with van der Waals surface area (Å²) in [6, 6.07) is 11.8. The topological polar surface area (TPSA) is 57.5 Å². The standard InChI is InChI=1S/C18H13Cl2NO4/c1-24-18(23)13-9-21(15-5-3-2-4-12(13)15)17(22)10-25-16-7-6-11(19)8-14(16)20/h2-9H,10H2,1H3. The van der Waals surface area contributed by atoms with Crippen LogP contribution in [0.5, 0.6) is 5.75 Å². The summed E-state index contributed by atoms with van der Waals surface area (Å²) in [7, 11) is 1.29. The molecule has 25 heavy (non-hydrogen) atoms. The first-order valence-corrected chi connectivity index (χ1v) is 8.06. The zero-order valence-corrected chi connectivity index (χ0v) is 14.7. The van der Waals surface area contributed by atoms with Gasteiger partial charge in [-0.25, -0.2) is 4.79 Å². The van der Waals surface area contributed by atoms with E-state index >= 15 is 0 Å². The lowest BCUT2D eigenvalue weighted by molar-refractivity contribution is 0.0603. The fourth-order valence-corrected chi connectivity index (χ4v) is 2.92. The number of ether oxygens (including phenoxy) is 2. The van der Waals surface area contributed by atoms with Crippen molar-refractivity contribution in [2.45, 2.75) is 0 Å². The second kappa shape index (κ2) is 7.17. The summed E-state index contributed by atoms with van der Waals surface area (Å²) in [6.07, 6.45) is 1.45. The average molecular weight is 378 g/mol. The molecule has 0 fully saturated rings. The van der Waals surface area contributed by atoms with E-state index in [1.54, 1.807) is 36.4 Å². The van der Waals surface area contributed by atoms with Crippen LogP contribution >= 0.6 is 23.2 Å². The fourth-order valence-electron chi connectivity index (χ4n) is 2.46. The van der Waals surface area contributed by atoms with E-state index < -0.39 is 5.97 Å². The van der Waals surface area contributed by atoms with Crippen LogP contribution in [0.1, 0.15) is 15.2 Å². The SMILES string of the molecule is COC(=O)c1cn(C(=O)COc2ccc(Cl)cc2Cl)c2ccccc12. The molecule has 0 saturated heterocycles. The lowest BCUT2D eigenvalue weighted by Gasteiger charge is -2.08. The van der Waals surface area contributed by atoms with E-state index in [9.17, 15) is 9.59 Å². The Kier molecular flexibility index (Phi) is 4.97. The quantitative estimate of drug-likeness (QED) is 0.630. The lowest BCUT2D eigenvalue weighted by atomic mass is 10.2. The van der Waals surface area contributed by atoms with Crippen molar-refractivity contribution >= 4 is 46.0 Å². The monoisotopic (exact) mass is 377 g/mol. The van der Waals surface area contributed by atoms with Gasteiger partial charge >= 0.3 is 5.97 Å². The Hall–Kier alpha value is -2.50. The van der Waals surface area contributed by atoms with Gasteiger partial charge in [-0.1, -0.05) is 41.4 Å². The number of fused-ring (bicyclic) bond motifs is 1. The van der Waals surface area contributed by atoms with Crippen molar-refractivity contribution in [3.05, 3.63) is 64.3 Å². The van der Waals surface area contributed by atoms with Crippen molar-refractivity contribution < 1.29 is 19.1 Å².